The van der Waals surface area contributed by atoms with Gasteiger partial charge in [0.2, 0.25) is 0 Å². The Kier molecular flexibility index (Phi) is 9.84. The van der Waals surface area contributed by atoms with Gasteiger partial charge in [-0.2, -0.15) is 0 Å². The summed E-state index contributed by atoms with van der Waals surface area (Å²) >= 11 is 0. The first-order valence-corrected chi connectivity index (χ1v) is 17.4. The maximum absolute atomic E-state index is 12.9. The monoisotopic (exact) mass is 564 g/mol. The molecule has 2 rings (SSSR count). The Morgan fingerprint density at radius 3 is 2.21 bits per heavy atom. The number of hydrogen-bond acceptors (Lipinski definition) is 6. The lowest BCUT2D eigenvalue weighted by Crippen LogP contribution is -2.47. The van der Waals surface area contributed by atoms with E-state index in [1.165, 1.54) is 0 Å². The van der Waals surface area contributed by atoms with E-state index in [4.69, 9.17) is 18.3 Å². The predicted molar refractivity (Wildman–Crippen MR) is 161 cm³/mol. The molecule has 0 radical (unpaired) electrons. The summed E-state index contributed by atoms with van der Waals surface area (Å²) in [4.78, 5) is 12.9. The molecule has 0 amide bonds. The molecule has 0 spiro atoms. The van der Waals surface area contributed by atoms with Crippen LogP contribution in [0.25, 0.3) is 0 Å². The number of rotatable bonds is 10. The number of methoxy groups -OCH3 is 1. The molecule has 1 N–H and O–H groups in total. The van der Waals surface area contributed by atoms with Crippen LogP contribution in [0, 0.1) is 18.3 Å². The number of carbonyl (C=O) groups excluding carboxylic acids is 1. The van der Waals surface area contributed by atoms with Crippen molar-refractivity contribution < 1.29 is 28.2 Å². The quantitative estimate of drug-likeness (QED) is 0.212. The second-order valence-electron chi connectivity index (χ2n) is 13.6. The number of aliphatic hydroxyl groups excluding tert-OH is 1. The van der Waals surface area contributed by atoms with Crippen molar-refractivity contribution in [3.8, 4) is 11.5 Å². The van der Waals surface area contributed by atoms with Gasteiger partial charge in [-0.3, -0.25) is 0 Å². The number of ether oxygens (including phenoxy) is 2. The first-order chi connectivity index (χ1) is 17.2. The third-order valence-corrected chi connectivity index (χ3v) is 14.5. The molecule has 0 saturated heterocycles. The average molecular weight is 565 g/mol. The Morgan fingerprint density at radius 1 is 1.16 bits per heavy atom. The van der Waals surface area contributed by atoms with Gasteiger partial charge in [-0.15, -0.1) is 0 Å². The number of aliphatic hydroxyl groups is 1. The summed E-state index contributed by atoms with van der Waals surface area (Å²) in [5.41, 5.74) is 3.49. The van der Waals surface area contributed by atoms with Gasteiger partial charge in [0, 0.05) is 17.5 Å². The molecule has 8 heteroatoms. The second kappa shape index (κ2) is 11.5. The number of fused-ring (bicyclic) bond motifs is 1. The molecular formula is C30H52O6Si2. The van der Waals surface area contributed by atoms with Crippen molar-refractivity contribution in [3.05, 3.63) is 33.9 Å². The number of carbonyl (C=O) groups is 1. The predicted octanol–water partition coefficient (Wildman–Crippen LogP) is 6.04. The number of hydrogen-bond donors (Lipinski definition) is 1. The van der Waals surface area contributed by atoms with Gasteiger partial charge < -0.3 is 23.4 Å². The first kappa shape index (κ1) is 32.6. The van der Waals surface area contributed by atoms with E-state index in [2.05, 4.69) is 74.6 Å². The average Bonchev–Trinajstić information content (AvgIpc) is 3.19. The highest BCUT2D eigenvalue weighted by Gasteiger charge is 2.43. The summed E-state index contributed by atoms with van der Waals surface area (Å²) in [6.07, 6.45) is 2.43. The summed E-state index contributed by atoms with van der Waals surface area (Å²) in [7, 11) is -0.0272. The van der Waals surface area contributed by atoms with Crippen LogP contribution in [0.5, 0.6) is 11.5 Å². The fraction of sp³-hybridized carbons (Fsp3) is 0.700. The SMILES string of the molecule is COc1c(C)c2c(c(O[Si](C)(C)C(C)(C)C)c1CC(O)C(C)=CCC(C)C(C)(O[SiH3])C(C)(C)C)C(=O)OC2. The Morgan fingerprint density at radius 2 is 1.74 bits per heavy atom. The van der Waals surface area contributed by atoms with Crippen molar-refractivity contribution in [2.45, 2.75) is 119 Å². The zero-order valence-electron chi connectivity index (χ0n) is 26.3. The Balaban J connectivity index is 2.53. The summed E-state index contributed by atoms with van der Waals surface area (Å²) in [6.45, 7) is 26.0. The van der Waals surface area contributed by atoms with Gasteiger partial charge in [0.05, 0.1) is 18.8 Å². The molecule has 0 aromatic heterocycles. The van der Waals surface area contributed by atoms with Crippen LogP contribution in [0.1, 0.15) is 95.8 Å². The highest BCUT2D eigenvalue weighted by molar-refractivity contribution is 6.74. The Labute approximate surface area is 235 Å². The molecule has 38 heavy (non-hydrogen) atoms. The standard InChI is InChI=1S/C30H52O6Si2/c1-18(14-15-19(2)30(10,36-37)28(4,5)6)23(31)16-21-25(33-11)20(3)22-17-34-27(32)24(22)26(21)35-38(12,13)29(7,8)9/h14,19,23,31H,15-17H2,1-13,37H3. The molecule has 0 bridgehead atoms. The van der Waals surface area contributed by atoms with Crippen LogP contribution < -0.4 is 9.16 Å². The van der Waals surface area contributed by atoms with Crippen molar-refractivity contribution in [2.24, 2.45) is 11.3 Å². The van der Waals surface area contributed by atoms with Crippen molar-refractivity contribution in [3.63, 3.8) is 0 Å². The molecule has 216 valence electrons. The highest BCUT2D eigenvalue weighted by atomic mass is 28.4. The molecule has 6 nitrogen and oxygen atoms in total. The molecule has 0 fully saturated rings. The fourth-order valence-corrected chi connectivity index (χ4v) is 6.91. The topological polar surface area (TPSA) is 74.2 Å². The third kappa shape index (κ3) is 6.24. The lowest BCUT2D eigenvalue weighted by atomic mass is 9.69. The first-order valence-electron chi connectivity index (χ1n) is 13.7. The lowest BCUT2D eigenvalue weighted by molar-refractivity contribution is -0.0546. The molecule has 3 atom stereocenters. The van der Waals surface area contributed by atoms with Crippen LogP contribution >= 0.6 is 0 Å². The van der Waals surface area contributed by atoms with Gasteiger partial charge in [0.1, 0.15) is 34.2 Å². The number of esters is 1. The van der Waals surface area contributed by atoms with E-state index in [1.807, 2.05) is 13.8 Å². The van der Waals surface area contributed by atoms with Crippen molar-refractivity contribution in [1.82, 2.24) is 0 Å². The zero-order valence-corrected chi connectivity index (χ0v) is 29.3. The van der Waals surface area contributed by atoms with Gasteiger partial charge >= 0.3 is 5.97 Å². The van der Waals surface area contributed by atoms with Crippen molar-refractivity contribution in [1.29, 1.82) is 0 Å². The molecule has 0 aliphatic carbocycles. The molecule has 3 unspecified atom stereocenters. The van der Waals surface area contributed by atoms with E-state index < -0.39 is 14.4 Å². The van der Waals surface area contributed by atoms with Gasteiger partial charge in [-0.1, -0.05) is 54.5 Å². The number of benzene rings is 1. The highest BCUT2D eigenvalue weighted by Crippen LogP contribution is 2.47. The maximum Gasteiger partial charge on any atom is 0.342 e. The van der Waals surface area contributed by atoms with Gasteiger partial charge in [-0.25, -0.2) is 4.79 Å². The molecule has 1 aromatic rings. The van der Waals surface area contributed by atoms with Crippen LogP contribution in [0.3, 0.4) is 0 Å². The molecule has 1 aromatic carbocycles. The summed E-state index contributed by atoms with van der Waals surface area (Å²) in [5.74, 6) is 1.06. The minimum atomic E-state index is -2.32. The van der Waals surface area contributed by atoms with Crippen LogP contribution in [0.4, 0.5) is 0 Å². The van der Waals surface area contributed by atoms with Crippen LogP contribution in [0.15, 0.2) is 11.6 Å². The van der Waals surface area contributed by atoms with Gasteiger partial charge in [0.15, 0.2) is 0 Å². The summed E-state index contributed by atoms with van der Waals surface area (Å²) in [6, 6.07) is 0. The molecule has 1 heterocycles. The fourth-order valence-electron chi connectivity index (χ4n) is 4.86. The smallest absolute Gasteiger partial charge is 0.342 e. The number of allylic oxidation sites excluding steroid dienone is 1. The van der Waals surface area contributed by atoms with Crippen molar-refractivity contribution in [2.75, 3.05) is 7.11 Å². The van der Waals surface area contributed by atoms with Crippen LogP contribution in [-0.2, 0) is 22.2 Å². The maximum atomic E-state index is 12.9. The summed E-state index contributed by atoms with van der Waals surface area (Å²) in [5, 5.41) is 11.3. The van der Waals surface area contributed by atoms with E-state index in [0.29, 0.717) is 27.5 Å². The largest absolute Gasteiger partial charge is 0.543 e. The van der Waals surface area contributed by atoms with Gasteiger partial charge in [-0.05, 0) is 67.8 Å². The van der Waals surface area contributed by atoms with E-state index in [0.717, 1.165) is 28.7 Å². The normalized spacial score (nSPS) is 18.1. The lowest BCUT2D eigenvalue weighted by Gasteiger charge is -2.46. The van der Waals surface area contributed by atoms with Crippen molar-refractivity contribution >= 4 is 24.8 Å². The summed E-state index contributed by atoms with van der Waals surface area (Å²) < 4.78 is 24.2. The van der Waals surface area contributed by atoms with E-state index in [-0.39, 0.29) is 41.0 Å². The van der Waals surface area contributed by atoms with Gasteiger partial charge in [0.25, 0.3) is 8.32 Å². The second-order valence-corrected chi connectivity index (χ2v) is 18.8. The van der Waals surface area contributed by atoms with Crippen LogP contribution in [0.2, 0.25) is 18.1 Å². The molecular weight excluding hydrogens is 512 g/mol. The van der Waals surface area contributed by atoms with Crippen LogP contribution in [-0.4, -0.2) is 48.7 Å². The van der Waals surface area contributed by atoms with E-state index in [9.17, 15) is 9.90 Å². The Hall–Kier alpha value is -1.62. The molecule has 1 aliphatic rings. The minimum absolute atomic E-state index is 0.00552. The zero-order chi connectivity index (χ0) is 29.4. The minimum Gasteiger partial charge on any atom is -0.543 e. The molecule has 1 aliphatic heterocycles. The molecule has 0 saturated carbocycles. The third-order valence-electron chi connectivity index (χ3n) is 9.36. The van der Waals surface area contributed by atoms with E-state index in [1.54, 1.807) is 7.11 Å². The van der Waals surface area contributed by atoms with E-state index >= 15 is 0 Å². The Bertz CT molecular complexity index is 1060. The number of cyclic esters (lactones) is 1.